The summed E-state index contributed by atoms with van der Waals surface area (Å²) in [6.45, 7) is 0.0691. The van der Waals surface area contributed by atoms with Crippen molar-refractivity contribution in [2.45, 2.75) is 5.92 Å². The fourth-order valence-corrected chi connectivity index (χ4v) is 1.55. The number of nitrogens with zero attached hydrogens (tertiary/aromatic N) is 1. The molecule has 1 rings (SSSR count). The Labute approximate surface area is 83.9 Å². The molecule has 0 amide bonds. The minimum absolute atomic E-state index is 0.0691. The van der Waals surface area contributed by atoms with E-state index in [1.165, 1.54) is 0 Å². The highest BCUT2D eigenvalue weighted by molar-refractivity contribution is 9.10. The summed E-state index contributed by atoms with van der Waals surface area (Å²) < 4.78 is 0.535. The first-order chi connectivity index (χ1) is 6.16. The maximum atomic E-state index is 10.8. The zero-order valence-corrected chi connectivity index (χ0v) is 8.36. The average Bonchev–Trinajstić information content (AvgIpc) is 2.09. The quantitative estimate of drug-likeness (QED) is 0.778. The molecule has 0 saturated carbocycles. The molecule has 0 spiro atoms. The number of halogens is 1. The van der Waals surface area contributed by atoms with Crippen LogP contribution in [-0.4, -0.2) is 22.6 Å². The zero-order chi connectivity index (χ0) is 9.84. The topological polar surface area (TPSA) is 76.2 Å². The second-order valence-corrected chi connectivity index (χ2v) is 3.26. The zero-order valence-electron chi connectivity index (χ0n) is 6.77. The molecule has 13 heavy (non-hydrogen) atoms. The van der Waals surface area contributed by atoms with E-state index in [2.05, 4.69) is 20.9 Å². The van der Waals surface area contributed by atoms with Crippen LogP contribution in [0.4, 0.5) is 0 Å². The molecule has 3 N–H and O–H groups in total. The van der Waals surface area contributed by atoms with E-state index in [9.17, 15) is 4.79 Å². The molecule has 1 aromatic rings. The molecule has 0 fully saturated rings. The lowest BCUT2D eigenvalue weighted by Crippen LogP contribution is -2.21. The minimum Gasteiger partial charge on any atom is -0.481 e. The van der Waals surface area contributed by atoms with Gasteiger partial charge in [0.25, 0.3) is 0 Å². The highest BCUT2D eigenvalue weighted by Crippen LogP contribution is 2.21. The van der Waals surface area contributed by atoms with E-state index in [0.29, 0.717) is 10.2 Å². The van der Waals surface area contributed by atoms with Gasteiger partial charge in [-0.3, -0.25) is 4.79 Å². The van der Waals surface area contributed by atoms with E-state index in [1.807, 2.05) is 0 Å². The molecule has 70 valence electrons. The van der Waals surface area contributed by atoms with Crippen LogP contribution in [0.5, 0.6) is 0 Å². The molecular weight excluding hydrogens is 236 g/mol. The molecule has 0 saturated heterocycles. The minimum atomic E-state index is -0.934. The third-order valence-electron chi connectivity index (χ3n) is 1.70. The number of carboxylic acids is 1. The van der Waals surface area contributed by atoms with Gasteiger partial charge in [-0.05, 0) is 22.0 Å². The number of hydrogen-bond donors (Lipinski definition) is 2. The average molecular weight is 245 g/mol. The van der Waals surface area contributed by atoms with Crippen LogP contribution in [-0.2, 0) is 4.79 Å². The summed E-state index contributed by atoms with van der Waals surface area (Å²) in [5, 5.41) is 8.82. The van der Waals surface area contributed by atoms with E-state index in [-0.39, 0.29) is 6.54 Å². The molecule has 1 aromatic heterocycles. The molecule has 0 radical (unpaired) electrons. The fourth-order valence-electron chi connectivity index (χ4n) is 1.02. The molecule has 0 aliphatic carbocycles. The van der Waals surface area contributed by atoms with Crippen molar-refractivity contribution >= 4 is 21.9 Å². The van der Waals surface area contributed by atoms with Gasteiger partial charge in [0.1, 0.15) is 4.60 Å². The van der Waals surface area contributed by atoms with E-state index >= 15 is 0 Å². The van der Waals surface area contributed by atoms with Gasteiger partial charge < -0.3 is 10.8 Å². The Kier molecular flexibility index (Phi) is 3.39. The molecule has 0 aromatic carbocycles. The van der Waals surface area contributed by atoms with Crippen molar-refractivity contribution in [2.24, 2.45) is 5.73 Å². The predicted molar refractivity (Wildman–Crippen MR) is 51.4 cm³/mol. The SMILES string of the molecule is NCC(C(=O)O)c1cccnc1Br. The molecule has 1 atom stereocenters. The predicted octanol–water partition coefficient (Wildman–Crippen LogP) is 0.971. The van der Waals surface area contributed by atoms with E-state index < -0.39 is 11.9 Å². The number of rotatable bonds is 3. The standard InChI is InChI=1S/C8H9BrN2O2/c9-7-5(2-1-3-11-7)6(4-10)8(12)13/h1-3,6H,4,10H2,(H,12,13). The van der Waals surface area contributed by atoms with Gasteiger partial charge >= 0.3 is 5.97 Å². The number of nitrogens with two attached hydrogens (primary N) is 1. The van der Waals surface area contributed by atoms with Crippen LogP contribution in [0.25, 0.3) is 0 Å². The second kappa shape index (κ2) is 4.34. The van der Waals surface area contributed by atoms with E-state index in [4.69, 9.17) is 10.8 Å². The van der Waals surface area contributed by atoms with Crippen LogP contribution in [0.1, 0.15) is 11.5 Å². The van der Waals surface area contributed by atoms with Crippen LogP contribution in [0.15, 0.2) is 22.9 Å². The van der Waals surface area contributed by atoms with Gasteiger partial charge in [-0.2, -0.15) is 0 Å². The summed E-state index contributed by atoms with van der Waals surface area (Å²) >= 11 is 3.18. The monoisotopic (exact) mass is 244 g/mol. The Morgan fingerprint density at radius 2 is 2.46 bits per heavy atom. The lowest BCUT2D eigenvalue weighted by atomic mass is 10.0. The van der Waals surface area contributed by atoms with Gasteiger partial charge in [0.15, 0.2) is 0 Å². The molecule has 1 heterocycles. The Balaban J connectivity index is 3.04. The Hall–Kier alpha value is -0.940. The summed E-state index contributed by atoms with van der Waals surface area (Å²) in [5.74, 6) is -1.63. The van der Waals surface area contributed by atoms with Gasteiger partial charge in [0, 0.05) is 18.3 Å². The third kappa shape index (κ3) is 2.26. The van der Waals surface area contributed by atoms with Crippen LogP contribution < -0.4 is 5.73 Å². The van der Waals surface area contributed by atoms with Crippen molar-refractivity contribution in [3.63, 3.8) is 0 Å². The number of pyridine rings is 1. The van der Waals surface area contributed by atoms with Gasteiger partial charge in [-0.25, -0.2) is 4.98 Å². The smallest absolute Gasteiger partial charge is 0.312 e. The molecule has 0 aliphatic rings. The number of carboxylic acid groups (broad SMARTS) is 1. The largest absolute Gasteiger partial charge is 0.481 e. The number of hydrogen-bond acceptors (Lipinski definition) is 3. The first kappa shape index (κ1) is 10.1. The second-order valence-electron chi connectivity index (χ2n) is 2.51. The van der Waals surface area contributed by atoms with Crippen LogP contribution >= 0.6 is 15.9 Å². The third-order valence-corrected chi connectivity index (χ3v) is 2.36. The lowest BCUT2D eigenvalue weighted by Gasteiger charge is -2.10. The fraction of sp³-hybridized carbons (Fsp3) is 0.250. The van der Waals surface area contributed by atoms with Crippen molar-refractivity contribution in [1.29, 1.82) is 0 Å². The highest BCUT2D eigenvalue weighted by atomic mass is 79.9. The van der Waals surface area contributed by atoms with Crippen LogP contribution in [0.2, 0.25) is 0 Å². The normalized spacial score (nSPS) is 12.5. The van der Waals surface area contributed by atoms with Gasteiger partial charge in [-0.15, -0.1) is 0 Å². The number of aromatic nitrogens is 1. The Morgan fingerprint density at radius 1 is 1.77 bits per heavy atom. The van der Waals surface area contributed by atoms with Crippen LogP contribution in [0.3, 0.4) is 0 Å². The van der Waals surface area contributed by atoms with Gasteiger partial charge in [0.2, 0.25) is 0 Å². The molecule has 4 nitrogen and oxygen atoms in total. The van der Waals surface area contributed by atoms with Crippen molar-refractivity contribution in [2.75, 3.05) is 6.54 Å². The molecule has 1 unspecified atom stereocenters. The summed E-state index contributed by atoms with van der Waals surface area (Å²) in [4.78, 5) is 14.7. The van der Waals surface area contributed by atoms with E-state index in [1.54, 1.807) is 18.3 Å². The first-order valence-electron chi connectivity index (χ1n) is 3.70. The molecule has 0 aliphatic heterocycles. The maximum absolute atomic E-state index is 10.8. The van der Waals surface area contributed by atoms with Crippen molar-refractivity contribution in [1.82, 2.24) is 4.98 Å². The van der Waals surface area contributed by atoms with Gasteiger partial charge in [-0.1, -0.05) is 6.07 Å². The Morgan fingerprint density at radius 3 is 2.92 bits per heavy atom. The van der Waals surface area contributed by atoms with Crippen molar-refractivity contribution in [3.05, 3.63) is 28.5 Å². The highest BCUT2D eigenvalue weighted by Gasteiger charge is 2.20. The number of carbonyl (C=O) groups is 1. The van der Waals surface area contributed by atoms with Crippen molar-refractivity contribution < 1.29 is 9.90 Å². The summed E-state index contributed by atoms with van der Waals surface area (Å²) in [5.41, 5.74) is 5.95. The molecule has 0 bridgehead atoms. The summed E-state index contributed by atoms with van der Waals surface area (Å²) in [6, 6.07) is 3.38. The first-order valence-corrected chi connectivity index (χ1v) is 4.49. The van der Waals surface area contributed by atoms with E-state index in [0.717, 1.165) is 0 Å². The summed E-state index contributed by atoms with van der Waals surface area (Å²) in [6.07, 6.45) is 1.59. The molecule has 5 heteroatoms. The maximum Gasteiger partial charge on any atom is 0.312 e. The number of aliphatic carboxylic acids is 1. The van der Waals surface area contributed by atoms with Crippen LogP contribution in [0, 0.1) is 0 Å². The summed E-state index contributed by atoms with van der Waals surface area (Å²) in [7, 11) is 0. The molecular formula is C8H9BrN2O2. The van der Waals surface area contributed by atoms with Crippen molar-refractivity contribution in [3.8, 4) is 0 Å². The van der Waals surface area contributed by atoms with Gasteiger partial charge in [0.05, 0.1) is 5.92 Å². The Bertz CT molecular complexity index is 317. The lowest BCUT2D eigenvalue weighted by molar-refractivity contribution is -0.138.